The van der Waals surface area contributed by atoms with E-state index < -0.39 is 23.2 Å². The molecule has 5 heteroatoms. The second kappa shape index (κ2) is 6.08. The van der Waals surface area contributed by atoms with Crippen molar-refractivity contribution in [2.24, 2.45) is 0 Å². The van der Waals surface area contributed by atoms with Crippen molar-refractivity contribution < 1.29 is 19.4 Å². The van der Waals surface area contributed by atoms with Crippen molar-refractivity contribution in [3.8, 4) is 0 Å². The van der Waals surface area contributed by atoms with Crippen molar-refractivity contribution in [2.75, 3.05) is 13.1 Å². The Morgan fingerprint density at radius 3 is 2.53 bits per heavy atom. The Labute approximate surface area is 114 Å². The minimum Gasteiger partial charge on any atom is -0.503 e. The zero-order chi connectivity index (χ0) is 14.6. The van der Waals surface area contributed by atoms with E-state index in [4.69, 9.17) is 4.74 Å². The Bertz CT molecular complexity index is 393. The molecule has 0 aromatic carbocycles. The van der Waals surface area contributed by atoms with E-state index in [1.54, 1.807) is 20.8 Å². The van der Waals surface area contributed by atoms with Crippen LogP contribution in [0.2, 0.25) is 0 Å². The molecule has 1 N–H and O–H groups in total. The highest BCUT2D eigenvalue weighted by molar-refractivity contribution is 6.05. The smallest absolute Gasteiger partial charge is 0.340 e. The molecular formula is C14H23NO4. The molecule has 0 unspecified atom stereocenters. The van der Waals surface area contributed by atoms with E-state index in [1.807, 2.05) is 0 Å². The fraction of sp³-hybridized carbons (Fsp3) is 0.714. The maximum absolute atomic E-state index is 11.9. The number of aliphatic hydroxyl groups excluding tert-OH is 1. The minimum atomic E-state index is -0.636. The van der Waals surface area contributed by atoms with E-state index in [1.165, 1.54) is 4.90 Å². The summed E-state index contributed by atoms with van der Waals surface area (Å²) in [5, 5.41) is 9.74. The Kier molecular flexibility index (Phi) is 4.97. The molecule has 1 rings (SSSR count). The highest BCUT2D eigenvalue weighted by atomic mass is 16.6. The third-order valence-electron chi connectivity index (χ3n) is 2.80. The highest BCUT2D eigenvalue weighted by Crippen LogP contribution is 2.21. The number of aliphatic hydroxyl groups is 1. The lowest BCUT2D eigenvalue weighted by molar-refractivity contribution is -0.150. The van der Waals surface area contributed by atoms with E-state index in [2.05, 4.69) is 6.92 Å². The van der Waals surface area contributed by atoms with Crippen molar-refractivity contribution >= 4 is 11.9 Å². The summed E-state index contributed by atoms with van der Waals surface area (Å²) in [6.07, 6.45) is 2.95. The zero-order valence-corrected chi connectivity index (χ0v) is 12.2. The van der Waals surface area contributed by atoms with Crippen LogP contribution in [0.4, 0.5) is 0 Å². The quantitative estimate of drug-likeness (QED) is 0.613. The Balaban J connectivity index is 2.65. The Hall–Kier alpha value is -1.52. The van der Waals surface area contributed by atoms with Gasteiger partial charge < -0.3 is 14.7 Å². The number of amides is 1. The third-order valence-corrected chi connectivity index (χ3v) is 2.80. The summed E-state index contributed by atoms with van der Waals surface area (Å²) < 4.78 is 5.18. The number of ether oxygens (including phenoxy) is 1. The molecule has 0 saturated heterocycles. The largest absolute Gasteiger partial charge is 0.503 e. The van der Waals surface area contributed by atoms with Gasteiger partial charge in [0.1, 0.15) is 11.2 Å². The van der Waals surface area contributed by atoms with Gasteiger partial charge in [0.2, 0.25) is 0 Å². The van der Waals surface area contributed by atoms with E-state index in [9.17, 15) is 14.7 Å². The van der Waals surface area contributed by atoms with Crippen molar-refractivity contribution in [1.82, 2.24) is 4.90 Å². The molecule has 1 amide bonds. The van der Waals surface area contributed by atoms with Gasteiger partial charge in [-0.15, -0.1) is 0 Å². The van der Waals surface area contributed by atoms with Gasteiger partial charge in [-0.25, -0.2) is 4.79 Å². The number of hydrogen-bond acceptors (Lipinski definition) is 4. The van der Waals surface area contributed by atoms with Gasteiger partial charge in [0.05, 0.1) is 6.54 Å². The van der Waals surface area contributed by atoms with Crippen LogP contribution in [0.3, 0.4) is 0 Å². The van der Waals surface area contributed by atoms with Crippen molar-refractivity contribution in [1.29, 1.82) is 0 Å². The van der Waals surface area contributed by atoms with Gasteiger partial charge in [0, 0.05) is 6.54 Å². The maximum Gasteiger partial charge on any atom is 0.340 e. The predicted octanol–water partition coefficient (Wildman–Crippen LogP) is 2.17. The fourth-order valence-electron chi connectivity index (χ4n) is 1.85. The molecule has 19 heavy (non-hydrogen) atoms. The number of carbonyl (C=O) groups is 2. The summed E-state index contributed by atoms with van der Waals surface area (Å²) in [6.45, 7) is 8.02. The standard InChI is InChI=1S/C14H23NO4/c1-5-6-7-8-15-9-10(11(16)12(15)17)13(18)19-14(2,3)4/h16H,5-9H2,1-4H3. The topological polar surface area (TPSA) is 66.8 Å². The van der Waals surface area contributed by atoms with Gasteiger partial charge in [-0.3, -0.25) is 4.79 Å². The molecule has 0 spiro atoms. The molecule has 0 fully saturated rings. The minimum absolute atomic E-state index is 0.0661. The monoisotopic (exact) mass is 269 g/mol. The van der Waals surface area contributed by atoms with E-state index in [0.717, 1.165) is 19.3 Å². The molecule has 0 aromatic heterocycles. The van der Waals surface area contributed by atoms with Gasteiger partial charge in [0.25, 0.3) is 5.91 Å². The summed E-state index contributed by atoms with van der Waals surface area (Å²) >= 11 is 0. The summed E-state index contributed by atoms with van der Waals surface area (Å²) in [5.74, 6) is -1.56. The zero-order valence-electron chi connectivity index (χ0n) is 12.2. The average Bonchev–Trinajstić information content (AvgIpc) is 2.55. The summed E-state index contributed by atoms with van der Waals surface area (Å²) in [4.78, 5) is 25.2. The van der Waals surface area contributed by atoms with Gasteiger partial charge in [-0.2, -0.15) is 0 Å². The van der Waals surface area contributed by atoms with Crippen molar-refractivity contribution in [3.63, 3.8) is 0 Å². The first kappa shape index (κ1) is 15.5. The van der Waals surface area contributed by atoms with Gasteiger partial charge >= 0.3 is 5.97 Å². The molecule has 0 aliphatic carbocycles. The molecule has 0 saturated carbocycles. The van der Waals surface area contributed by atoms with Crippen LogP contribution in [0, 0.1) is 0 Å². The van der Waals surface area contributed by atoms with Crippen LogP contribution in [0.25, 0.3) is 0 Å². The van der Waals surface area contributed by atoms with Crippen LogP contribution in [0.1, 0.15) is 47.0 Å². The lowest BCUT2D eigenvalue weighted by Gasteiger charge is -2.20. The Morgan fingerprint density at radius 1 is 1.37 bits per heavy atom. The second-order valence-corrected chi connectivity index (χ2v) is 5.76. The molecule has 0 atom stereocenters. The first-order valence-corrected chi connectivity index (χ1v) is 6.71. The van der Waals surface area contributed by atoms with E-state index in [0.29, 0.717) is 6.54 Å². The fourth-order valence-corrected chi connectivity index (χ4v) is 1.85. The lowest BCUT2D eigenvalue weighted by atomic mass is 10.2. The van der Waals surface area contributed by atoms with E-state index >= 15 is 0 Å². The molecular weight excluding hydrogens is 246 g/mol. The number of esters is 1. The van der Waals surface area contributed by atoms with Crippen LogP contribution >= 0.6 is 0 Å². The molecule has 0 aromatic rings. The molecule has 1 aliphatic heterocycles. The first-order chi connectivity index (χ1) is 8.76. The average molecular weight is 269 g/mol. The summed E-state index contributed by atoms with van der Waals surface area (Å²) in [5.41, 5.74) is -0.570. The highest BCUT2D eigenvalue weighted by Gasteiger charge is 2.35. The third kappa shape index (κ3) is 4.26. The number of rotatable bonds is 5. The van der Waals surface area contributed by atoms with Gasteiger partial charge in [-0.05, 0) is 27.2 Å². The van der Waals surface area contributed by atoms with Gasteiger partial charge in [-0.1, -0.05) is 19.8 Å². The molecule has 5 nitrogen and oxygen atoms in total. The van der Waals surface area contributed by atoms with Crippen molar-refractivity contribution in [2.45, 2.75) is 52.6 Å². The Morgan fingerprint density at radius 2 is 2.00 bits per heavy atom. The molecule has 0 bridgehead atoms. The predicted molar refractivity (Wildman–Crippen MR) is 71.6 cm³/mol. The van der Waals surface area contributed by atoms with Crippen LogP contribution in [-0.2, 0) is 14.3 Å². The molecule has 0 radical (unpaired) electrons. The number of nitrogens with zero attached hydrogens (tertiary/aromatic N) is 1. The van der Waals surface area contributed by atoms with Crippen molar-refractivity contribution in [3.05, 3.63) is 11.3 Å². The van der Waals surface area contributed by atoms with Crippen LogP contribution in [0.5, 0.6) is 0 Å². The number of carbonyl (C=O) groups excluding carboxylic acids is 2. The number of unbranched alkanes of at least 4 members (excludes halogenated alkanes) is 2. The van der Waals surface area contributed by atoms with E-state index in [-0.39, 0.29) is 12.1 Å². The van der Waals surface area contributed by atoms with Crippen LogP contribution in [-0.4, -0.2) is 40.6 Å². The van der Waals surface area contributed by atoms with Crippen LogP contribution < -0.4 is 0 Å². The normalized spacial score (nSPS) is 16.2. The summed E-state index contributed by atoms with van der Waals surface area (Å²) in [7, 11) is 0. The second-order valence-electron chi connectivity index (χ2n) is 5.76. The molecule has 1 aliphatic rings. The lowest BCUT2D eigenvalue weighted by Crippen LogP contribution is -2.30. The SMILES string of the molecule is CCCCCN1CC(C(=O)OC(C)(C)C)=C(O)C1=O. The van der Waals surface area contributed by atoms with Gasteiger partial charge in [0.15, 0.2) is 5.76 Å². The first-order valence-electron chi connectivity index (χ1n) is 6.71. The molecule has 1 heterocycles. The van der Waals surface area contributed by atoms with Crippen LogP contribution in [0.15, 0.2) is 11.3 Å². The maximum atomic E-state index is 11.9. The summed E-state index contributed by atoms with van der Waals surface area (Å²) in [6, 6.07) is 0. The number of hydrogen-bond donors (Lipinski definition) is 1. The molecule has 108 valence electrons.